The molecule has 2 aromatic rings. The lowest BCUT2D eigenvalue weighted by atomic mass is 10.0. The molecule has 0 aliphatic rings. The lowest BCUT2D eigenvalue weighted by molar-refractivity contribution is -0.138. The van der Waals surface area contributed by atoms with Gasteiger partial charge in [-0.1, -0.05) is 18.2 Å². The Kier molecular flexibility index (Phi) is 5.00. The van der Waals surface area contributed by atoms with E-state index in [-0.39, 0.29) is 11.6 Å². The summed E-state index contributed by atoms with van der Waals surface area (Å²) in [4.78, 5) is 4.34. The zero-order valence-electron chi connectivity index (χ0n) is 11.9. The second kappa shape index (κ2) is 6.58. The Morgan fingerprint density at radius 1 is 1.29 bits per heavy atom. The molecule has 0 aliphatic carbocycles. The molecule has 1 aromatic carbocycles. The average Bonchev–Trinajstić information content (AvgIpc) is 2.83. The van der Waals surface area contributed by atoms with Crippen LogP contribution in [0.5, 0.6) is 0 Å². The quantitative estimate of drug-likeness (QED) is 0.887. The first kappa shape index (κ1) is 16.0. The predicted molar refractivity (Wildman–Crippen MR) is 78.4 cm³/mol. The monoisotopic (exact) mass is 314 g/mol. The highest BCUT2D eigenvalue weighted by molar-refractivity contribution is 7.09. The number of rotatable bonds is 5. The molecule has 0 radical (unpaired) electrons. The van der Waals surface area contributed by atoms with Crippen molar-refractivity contribution in [3.8, 4) is 0 Å². The third kappa shape index (κ3) is 4.28. The van der Waals surface area contributed by atoms with Gasteiger partial charge < -0.3 is 5.32 Å². The van der Waals surface area contributed by atoms with Crippen LogP contribution < -0.4 is 5.32 Å². The van der Waals surface area contributed by atoms with E-state index in [9.17, 15) is 13.2 Å². The first-order valence-electron chi connectivity index (χ1n) is 6.68. The average molecular weight is 314 g/mol. The van der Waals surface area contributed by atoms with Crippen molar-refractivity contribution in [1.82, 2.24) is 10.3 Å². The van der Waals surface area contributed by atoms with Crippen molar-refractivity contribution in [2.45, 2.75) is 32.5 Å². The van der Waals surface area contributed by atoms with Crippen LogP contribution in [0.3, 0.4) is 0 Å². The molecular formula is C15H17F3N2S. The van der Waals surface area contributed by atoms with E-state index < -0.39 is 11.7 Å². The van der Waals surface area contributed by atoms with Gasteiger partial charge in [0.05, 0.1) is 16.3 Å². The second-order valence-corrected chi connectivity index (χ2v) is 5.93. The Bertz CT molecular complexity index is 593. The molecule has 114 valence electrons. The summed E-state index contributed by atoms with van der Waals surface area (Å²) in [5.41, 5.74) is 0.676. The van der Waals surface area contributed by atoms with Gasteiger partial charge >= 0.3 is 6.18 Å². The first-order chi connectivity index (χ1) is 9.88. The van der Waals surface area contributed by atoms with E-state index in [1.807, 2.05) is 12.3 Å². The summed E-state index contributed by atoms with van der Waals surface area (Å²) in [6.07, 6.45) is -3.61. The highest BCUT2D eigenvalue weighted by atomic mass is 32.1. The van der Waals surface area contributed by atoms with Crippen LogP contribution in [0.1, 0.15) is 34.8 Å². The van der Waals surface area contributed by atoms with E-state index in [0.717, 1.165) is 16.8 Å². The Morgan fingerprint density at radius 3 is 2.62 bits per heavy atom. The fraction of sp³-hybridized carbons (Fsp3) is 0.400. The third-order valence-corrected chi connectivity index (χ3v) is 4.05. The van der Waals surface area contributed by atoms with Gasteiger partial charge in [-0.2, -0.15) is 13.2 Å². The van der Waals surface area contributed by atoms with Gasteiger partial charge in [0.15, 0.2) is 0 Å². The fourth-order valence-corrected chi connectivity index (χ4v) is 2.83. The van der Waals surface area contributed by atoms with Crippen LogP contribution in [0.4, 0.5) is 13.2 Å². The number of alkyl halides is 3. The third-order valence-electron chi connectivity index (χ3n) is 3.23. The molecule has 21 heavy (non-hydrogen) atoms. The fourth-order valence-electron chi connectivity index (χ4n) is 2.18. The topological polar surface area (TPSA) is 24.9 Å². The zero-order chi connectivity index (χ0) is 15.5. The van der Waals surface area contributed by atoms with E-state index in [0.29, 0.717) is 13.0 Å². The predicted octanol–water partition coefficient (Wildman–Crippen LogP) is 4.36. The standard InChI is InChI=1S/C15H17F3N2S/c1-10(19-8-7-12-9-21-11(2)20-12)13-5-3-4-6-14(13)15(16,17)18/h3-6,9-10,19H,7-8H2,1-2H3. The number of nitrogens with zero attached hydrogens (tertiary/aromatic N) is 1. The molecule has 1 aromatic heterocycles. The van der Waals surface area contributed by atoms with Crippen LogP contribution in [-0.4, -0.2) is 11.5 Å². The van der Waals surface area contributed by atoms with Crippen molar-refractivity contribution in [2.75, 3.05) is 6.54 Å². The number of halogens is 3. The molecule has 2 nitrogen and oxygen atoms in total. The van der Waals surface area contributed by atoms with Crippen LogP contribution in [0.2, 0.25) is 0 Å². The maximum absolute atomic E-state index is 13.0. The minimum Gasteiger partial charge on any atom is -0.310 e. The molecule has 1 unspecified atom stereocenters. The maximum Gasteiger partial charge on any atom is 0.416 e. The summed E-state index contributed by atoms with van der Waals surface area (Å²) in [7, 11) is 0. The molecule has 0 saturated heterocycles. The summed E-state index contributed by atoms with van der Waals surface area (Å²) in [6, 6.07) is 5.33. The van der Waals surface area contributed by atoms with Crippen LogP contribution in [0, 0.1) is 6.92 Å². The Labute approximate surface area is 126 Å². The molecule has 0 fully saturated rings. The SMILES string of the molecule is Cc1nc(CCNC(C)c2ccccc2C(F)(F)F)cs1. The minimum absolute atomic E-state index is 0.277. The Hall–Kier alpha value is -1.40. The highest BCUT2D eigenvalue weighted by Gasteiger charge is 2.33. The molecule has 0 saturated carbocycles. The van der Waals surface area contributed by atoms with Crippen LogP contribution in [0.15, 0.2) is 29.6 Å². The van der Waals surface area contributed by atoms with Crippen molar-refractivity contribution in [3.05, 3.63) is 51.5 Å². The lowest BCUT2D eigenvalue weighted by Crippen LogP contribution is -2.24. The van der Waals surface area contributed by atoms with Crippen molar-refractivity contribution in [1.29, 1.82) is 0 Å². The van der Waals surface area contributed by atoms with E-state index in [4.69, 9.17) is 0 Å². The maximum atomic E-state index is 13.0. The first-order valence-corrected chi connectivity index (χ1v) is 7.56. The molecule has 1 N–H and O–H groups in total. The lowest BCUT2D eigenvalue weighted by Gasteiger charge is -2.19. The van der Waals surface area contributed by atoms with Crippen molar-refractivity contribution in [2.24, 2.45) is 0 Å². The van der Waals surface area contributed by atoms with Gasteiger partial charge in [0.2, 0.25) is 0 Å². The molecule has 0 spiro atoms. The van der Waals surface area contributed by atoms with E-state index in [1.165, 1.54) is 12.1 Å². The number of nitrogens with one attached hydrogen (secondary N) is 1. The molecule has 0 amide bonds. The zero-order valence-corrected chi connectivity index (χ0v) is 12.7. The van der Waals surface area contributed by atoms with Gasteiger partial charge in [0.1, 0.15) is 0 Å². The smallest absolute Gasteiger partial charge is 0.310 e. The van der Waals surface area contributed by atoms with Crippen LogP contribution in [0.25, 0.3) is 0 Å². The second-order valence-electron chi connectivity index (χ2n) is 4.87. The molecule has 1 atom stereocenters. The summed E-state index contributed by atoms with van der Waals surface area (Å²) in [5, 5.41) is 6.11. The van der Waals surface area contributed by atoms with Crippen molar-refractivity contribution < 1.29 is 13.2 Å². The van der Waals surface area contributed by atoms with Gasteiger partial charge in [-0.05, 0) is 25.5 Å². The van der Waals surface area contributed by atoms with Crippen LogP contribution >= 0.6 is 11.3 Å². The molecular weight excluding hydrogens is 297 g/mol. The van der Waals surface area contributed by atoms with E-state index in [2.05, 4.69) is 10.3 Å². The number of benzene rings is 1. The van der Waals surface area contributed by atoms with Gasteiger partial charge in [-0.3, -0.25) is 0 Å². The van der Waals surface area contributed by atoms with Gasteiger partial charge in [-0.15, -0.1) is 11.3 Å². The molecule has 2 rings (SSSR count). The minimum atomic E-state index is -4.32. The Balaban J connectivity index is 1.99. The molecule has 0 bridgehead atoms. The van der Waals surface area contributed by atoms with Crippen molar-refractivity contribution >= 4 is 11.3 Å². The summed E-state index contributed by atoms with van der Waals surface area (Å²) < 4.78 is 38.9. The number of hydrogen-bond acceptors (Lipinski definition) is 3. The number of hydrogen-bond donors (Lipinski definition) is 1. The van der Waals surface area contributed by atoms with Gasteiger partial charge in [0, 0.05) is 24.4 Å². The number of thiazole rings is 1. The summed E-state index contributed by atoms with van der Waals surface area (Å²) >= 11 is 1.58. The van der Waals surface area contributed by atoms with Crippen molar-refractivity contribution in [3.63, 3.8) is 0 Å². The van der Waals surface area contributed by atoms with E-state index in [1.54, 1.807) is 24.3 Å². The normalized spacial score (nSPS) is 13.4. The molecule has 6 heteroatoms. The summed E-state index contributed by atoms with van der Waals surface area (Å²) in [5.74, 6) is 0. The molecule has 1 heterocycles. The van der Waals surface area contributed by atoms with Crippen LogP contribution in [-0.2, 0) is 12.6 Å². The van der Waals surface area contributed by atoms with E-state index >= 15 is 0 Å². The Morgan fingerprint density at radius 2 is 2.00 bits per heavy atom. The number of aryl methyl sites for hydroxylation is 1. The largest absolute Gasteiger partial charge is 0.416 e. The van der Waals surface area contributed by atoms with Gasteiger partial charge in [0.25, 0.3) is 0 Å². The molecule has 0 aliphatic heterocycles. The summed E-state index contributed by atoms with van der Waals surface area (Å²) in [6.45, 7) is 4.27. The van der Waals surface area contributed by atoms with Gasteiger partial charge in [-0.25, -0.2) is 4.98 Å². The number of aromatic nitrogens is 1. The highest BCUT2D eigenvalue weighted by Crippen LogP contribution is 2.34.